The van der Waals surface area contributed by atoms with Crippen molar-refractivity contribution in [1.29, 1.82) is 0 Å². The lowest BCUT2D eigenvalue weighted by atomic mass is 10.0. The summed E-state index contributed by atoms with van der Waals surface area (Å²) in [7, 11) is 1.66. The molecule has 0 radical (unpaired) electrons. The van der Waals surface area contributed by atoms with Gasteiger partial charge >= 0.3 is 0 Å². The molecule has 1 aliphatic heterocycles. The van der Waals surface area contributed by atoms with Gasteiger partial charge in [-0.2, -0.15) is 0 Å². The Bertz CT molecular complexity index is 1630. The van der Waals surface area contributed by atoms with E-state index < -0.39 is 23.8 Å². The van der Waals surface area contributed by atoms with Gasteiger partial charge in [-0.25, -0.2) is 24.3 Å². The minimum Gasteiger partial charge on any atom is -0.351 e. The zero-order valence-corrected chi connectivity index (χ0v) is 23.0. The van der Waals surface area contributed by atoms with E-state index >= 15 is 0 Å². The Morgan fingerprint density at radius 2 is 1.75 bits per heavy atom. The van der Waals surface area contributed by atoms with E-state index in [2.05, 4.69) is 30.6 Å². The molecule has 0 fully saturated rings. The van der Waals surface area contributed by atoms with E-state index in [-0.39, 0.29) is 33.7 Å². The third kappa shape index (κ3) is 5.74. The highest BCUT2D eigenvalue weighted by atomic mass is 35.5. The molecule has 202 valence electrons. The summed E-state index contributed by atoms with van der Waals surface area (Å²) < 4.78 is 14.3. The maximum Gasteiger partial charge on any atom is 0.269 e. The van der Waals surface area contributed by atoms with Crippen molar-refractivity contribution in [3.63, 3.8) is 0 Å². The van der Waals surface area contributed by atoms with E-state index in [1.165, 1.54) is 12.1 Å². The third-order valence-electron chi connectivity index (χ3n) is 5.90. The number of fused-ring (bicyclic) bond motifs is 1. The summed E-state index contributed by atoms with van der Waals surface area (Å²) in [6, 6.07) is 12.6. The quantitative estimate of drug-likeness (QED) is 0.317. The standard InChI is InChI=1S/C27H19Cl3FN7O2/c1-38(13-21-32-7-4-8-33-21)25-17(11-15(31)12-34-25)26(39)37-24-27(40)35-20-6-3-2-5-16(20)23(36-24)22-18(29)9-14(28)10-19(22)30/h2-12,24H,13H2,1H3,(H,35,40)(H,37,39). The van der Waals surface area contributed by atoms with Gasteiger partial charge in [-0.15, -0.1) is 0 Å². The van der Waals surface area contributed by atoms with Crippen LogP contribution in [0.1, 0.15) is 27.3 Å². The van der Waals surface area contributed by atoms with Gasteiger partial charge in [-0.05, 0) is 30.3 Å². The monoisotopic (exact) mass is 597 g/mol. The van der Waals surface area contributed by atoms with Gasteiger partial charge in [0.25, 0.3) is 11.8 Å². The number of benzodiazepines with no additional fused rings is 1. The minimum atomic E-state index is -1.43. The van der Waals surface area contributed by atoms with Crippen LogP contribution in [-0.2, 0) is 11.3 Å². The summed E-state index contributed by atoms with van der Waals surface area (Å²) in [6.07, 6.45) is 2.72. The molecular weight excluding hydrogens is 580 g/mol. The highest BCUT2D eigenvalue weighted by Gasteiger charge is 2.30. The first-order valence-corrected chi connectivity index (χ1v) is 12.9. The summed E-state index contributed by atoms with van der Waals surface area (Å²) in [5.74, 6) is -1.54. The fraction of sp³-hybridized carbons (Fsp3) is 0.111. The zero-order chi connectivity index (χ0) is 28.4. The van der Waals surface area contributed by atoms with Crippen LogP contribution in [0.25, 0.3) is 0 Å². The van der Waals surface area contributed by atoms with Gasteiger partial charge in [0.1, 0.15) is 17.5 Å². The molecule has 2 aromatic carbocycles. The smallest absolute Gasteiger partial charge is 0.269 e. The van der Waals surface area contributed by atoms with Crippen LogP contribution in [0.2, 0.25) is 15.1 Å². The van der Waals surface area contributed by atoms with Gasteiger partial charge in [-0.3, -0.25) is 9.59 Å². The van der Waals surface area contributed by atoms with Crippen LogP contribution in [0, 0.1) is 5.82 Å². The third-order valence-corrected chi connectivity index (χ3v) is 6.71. The number of carbonyl (C=O) groups excluding carboxylic acids is 2. The van der Waals surface area contributed by atoms with Crippen molar-refractivity contribution in [3.8, 4) is 0 Å². The largest absolute Gasteiger partial charge is 0.351 e. The lowest BCUT2D eigenvalue weighted by molar-refractivity contribution is -0.117. The van der Waals surface area contributed by atoms with Crippen molar-refractivity contribution >= 4 is 63.8 Å². The van der Waals surface area contributed by atoms with Gasteiger partial charge in [0.15, 0.2) is 0 Å². The van der Waals surface area contributed by atoms with E-state index in [1.54, 1.807) is 54.7 Å². The summed E-state index contributed by atoms with van der Waals surface area (Å²) in [6.45, 7) is 0.189. The highest BCUT2D eigenvalue weighted by Crippen LogP contribution is 2.34. The molecule has 2 aromatic heterocycles. The second-order valence-corrected chi connectivity index (χ2v) is 9.93. The molecule has 0 spiro atoms. The van der Waals surface area contributed by atoms with Crippen molar-refractivity contribution < 1.29 is 14.0 Å². The zero-order valence-electron chi connectivity index (χ0n) is 20.7. The fourth-order valence-corrected chi connectivity index (χ4v) is 5.12. The number of anilines is 2. The van der Waals surface area contributed by atoms with Crippen molar-refractivity contribution in [2.45, 2.75) is 12.7 Å². The Balaban J connectivity index is 1.53. The number of aliphatic imine (C=N–C) groups is 1. The first-order chi connectivity index (χ1) is 19.2. The summed E-state index contributed by atoms with van der Waals surface area (Å²) in [5, 5.41) is 6.06. The molecule has 2 N–H and O–H groups in total. The second-order valence-electron chi connectivity index (χ2n) is 8.68. The molecule has 1 aliphatic rings. The van der Waals surface area contributed by atoms with Crippen LogP contribution >= 0.6 is 34.8 Å². The van der Waals surface area contributed by atoms with Gasteiger partial charge in [-0.1, -0.05) is 53.0 Å². The molecular formula is C27H19Cl3FN7O2. The number of halogens is 4. The molecule has 4 aromatic rings. The van der Waals surface area contributed by atoms with Crippen LogP contribution in [-0.4, -0.2) is 45.7 Å². The SMILES string of the molecule is CN(Cc1ncccn1)c1ncc(F)cc1C(=O)NC1N=C(c2c(Cl)cc(Cl)cc2Cl)c2ccccc2NC1=O. The fourth-order valence-electron chi connectivity index (χ4n) is 4.13. The second kappa shape index (κ2) is 11.5. The lowest BCUT2D eigenvalue weighted by Gasteiger charge is -2.21. The van der Waals surface area contributed by atoms with Gasteiger partial charge in [0.2, 0.25) is 6.17 Å². The van der Waals surface area contributed by atoms with Crippen molar-refractivity contribution in [2.75, 3.05) is 17.3 Å². The topological polar surface area (TPSA) is 112 Å². The number of nitrogens with one attached hydrogen (secondary N) is 2. The molecule has 3 heterocycles. The Morgan fingerprint density at radius 1 is 1.05 bits per heavy atom. The van der Waals surface area contributed by atoms with Crippen LogP contribution in [0.5, 0.6) is 0 Å². The summed E-state index contributed by atoms with van der Waals surface area (Å²) in [4.78, 5) is 45.3. The number of hydrogen-bond donors (Lipinski definition) is 2. The Hall–Kier alpha value is -4.12. The number of aromatic nitrogens is 3. The molecule has 0 aliphatic carbocycles. The maximum absolute atomic E-state index is 14.3. The van der Waals surface area contributed by atoms with Crippen LogP contribution in [0.15, 0.2) is 72.1 Å². The molecule has 13 heteroatoms. The molecule has 0 saturated carbocycles. The van der Waals surface area contributed by atoms with E-state index in [1.807, 2.05) is 0 Å². The molecule has 2 amide bonds. The van der Waals surface area contributed by atoms with Gasteiger partial charge in [0, 0.05) is 35.6 Å². The van der Waals surface area contributed by atoms with Gasteiger partial charge < -0.3 is 15.5 Å². The summed E-state index contributed by atoms with van der Waals surface area (Å²) >= 11 is 19.1. The Labute approximate surface area is 243 Å². The number of para-hydroxylation sites is 1. The van der Waals surface area contributed by atoms with Crippen molar-refractivity contribution in [2.24, 2.45) is 4.99 Å². The predicted molar refractivity (Wildman–Crippen MR) is 152 cm³/mol. The molecule has 1 atom stereocenters. The molecule has 1 unspecified atom stereocenters. The molecule has 9 nitrogen and oxygen atoms in total. The van der Waals surface area contributed by atoms with Crippen LogP contribution in [0.3, 0.4) is 0 Å². The lowest BCUT2D eigenvalue weighted by Crippen LogP contribution is -2.43. The van der Waals surface area contributed by atoms with Crippen LogP contribution < -0.4 is 15.5 Å². The number of benzene rings is 2. The van der Waals surface area contributed by atoms with Gasteiger partial charge in [0.05, 0.1) is 39.7 Å². The first-order valence-electron chi connectivity index (χ1n) is 11.8. The van der Waals surface area contributed by atoms with Crippen molar-refractivity contribution in [1.82, 2.24) is 20.3 Å². The number of hydrogen-bond acceptors (Lipinski definition) is 7. The Kier molecular flexibility index (Phi) is 7.92. The maximum atomic E-state index is 14.3. The average Bonchev–Trinajstić information content (AvgIpc) is 3.04. The number of nitrogens with zero attached hydrogens (tertiary/aromatic N) is 5. The highest BCUT2D eigenvalue weighted by molar-refractivity contribution is 6.44. The average molecular weight is 599 g/mol. The molecule has 0 saturated heterocycles. The van der Waals surface area contributed by atoms with E-state index in [9.17, 15) is 14.0 Å². The number of carbonyl (C=O) groups is 2. The van der Waals surface area contributed by atoms with E-state index in [0.29, 0.717) is 27.7 Å². The number of rotatable bonds is 6. The summed E-state index contributed by atoms with van der Waals surface area (Å²) in [5.41, 5.74) is 1.41. The minimum absolute atomic E-state index is 0.118. The Morgan fingerprint density at radius 3 is 2.48 bits per heavy atom. The number of pyridine rings is 1. The molecule has 40 heavy (non-hydrogen) atoms. The van der Waals surface area contributed by atoms with E-state index in [0.717, 1.165) is 12.3 Å². The molecule has 5 rings (SSSR count). The van der Waals surface area contributed by atoms with E-state index in [4.69, 9.17) is 34.8 Å². The van der Waals surface area contributed by atoms with Crippen molar-refractivity contribution in [3.05, 3.63) is 111 Å². The molecule has 0 bridgehead atoms. The van der Waals surface area contributed by atoms with Crippen LogP contribution in [0.4, 0.5) is 15.9 Å². The normalized spacial score (nSPS) is 14.5. The first kappa shape index (κ1) is 27.4. The number of amides is 2. The predicted octanol–water partition coefficient (Wildman–Crippen LogP) is 5.15.